The molecule has 0 saturated heterocycles. The van der Waals surface area contributed by atoms with Crippen molar-refractivity contribution in [2.75, 3.05) is 0 Å². The first-order valence-corrected chi connectivity index (χ1v) is 7.75. The molecule has 1 rings (SSSR count). The Morgan fingerprint density at radius 3 is 2.15 bits per heavy atom. The maximum absolute atomic E-state index is 12.0. The van der Waals surface area contributed by atoms with Crippen molar-refractivity contribution in [3.63, 3.8) is 0 Å². The van der Waals surface area contributed by atoms with Crippen LogP contribution < -0.4 is 16.0 Å². The largest absolute Gasteiger partial charge is 0.354 e. The van der Waals surface area contributed by atoms with E-state index in [1.165, 1.54) is 0 Å². The van der Waals surface area contributed by atoms with Crippen molar-refractivity contribution in [1.82, 2.24) is 16.0 Å². The van der Waals surface area contributed by atoms with Crippen molar-refractivity contribution in [3.8, 4) is 0 Å². The van der Waals surface area contributed by atoms with Gasteiger partial charge in [-0.05, 0) is 46.0 Å². The van der Waals surface area contributed by atoms with E-state index >= 15 is 0 Å². The molecule has 2 amide bonds. The third kappa shape index (κ3) is 5.90. The molecule has 2 unspecified atom stereocenters. The average Bonchev–Trinajstić information content (AvgIpc) is 2.40. The zero-order valence-corrected chi connectivity index (χ0v) is 13.2. The molecule has 0 aromatic carbocycles. The van der Waals surface area contributed by atoms with Crippen LogP contribution in [0, 0.1) is 0 Å². The molecule has 5 heteroatoms. The lowest BCUT2D eigenvalue weighted by molar-refractivity contribution is -0.123. The molecule has 3 N–H and O–H groups in total. The summed E-state index contributed by atoms with van der Waals surface area (Å²) in [6.45, 7) is 7.55. The lowest BCUT2D eigenvalue weighted by atomic mass is 9.90. The van der Waals surface area contributed by atoms with Gasteiger partial charge in [0.15, 0.2) is 0 Å². The maximum atomic E-state index is 12.0. The van der Waals surface area contributed by atoms with E-state index in [1.54, 1.807) is 6.92 Å². The Balaban J connectivity index is 2.28. The molecule has 0 spiro atoms. The SMILES string of the molecule is CCC(C)NC(=O)C(C)NC1CCC(NC(C)=O)CC1. The Labute approximate surface area is 122 Å². The van der Waals surface area contributed by atoms with E-state index in [9.17, 15) is 9.59 Å². The third-order valence-electron chi connectivity index (χ3n) is 4.01. The van der Waals surface area contributed by atoms with Crippen LogP contribution in [0.5, 0.6) is 0 Å². The van der Waals surface area contributed by atoms with Gasteiger partial charge in [-0.15, -0.1) is 0 Å². The van der Waals surface area contributed by atoms with Crippen LogP contribution >= 0.6 is 0 Å². The smallest absolute Gasteiger partial charge is 0.237 e. The van der Waals surface area contributed by atoms with Crippen molar-refractivity contribution < 1.29 is 9.59 Å². The standard InChI is InChI=1S/C15H29N3O2/c1-5-10(2)16-15(20)11(3)17-13-6-8-14(9-7-13)18-12(4)19/h10-11,13-14,17H,5-9H2,1-4H3,(H,16,20)(H,18,19). The predicted molar refractivity (Wildman–Crippen MR) is 80.4 cm³/mol. The molecule has 0 aromatic rings. The second-order valence-electron chi connectivity index (χ2n) is 5.96. The van der Waals surface area contributed by atoms with Gasteiger partial charge in [-0.1, -0.05) is 6.92 Å². The summed E-state index contributed by atoms with van der Waals surface area (Å²) >= 11 is 0. The molecule has 1 fully saturated rings. The van der Waals surface area contributed by atoms with Crippen LogP contribution in [0.2, 0.25) is 0 Å². The third-order valence-corrected chi connectivity index (χ3v) is 4.01. The topological polar surface area (TPSA) is 70.2 Å². The average molecular weight is 283 g/mol. The van der Waals surface area contributed by atoms with Crippen molar-refractivity contribution in [1.29, 1.82) is 0 Å². The fraction of sp³-hybridized carbons (Fsp3) is 0.867. The number of carbonyl (C=O) groups excluding carboxylic acids is 2. The minimum Gasteiger partial charge on any atom is -0.354 e. The minimum atomic E-state index is -0.161. The molecule has 0 radical (unpaired) electrons. The Kier molecular flexibility index (Phi) is 6.99. The van der Waals surface area contributed by atoms with E-state index in [4.69, 9.17) is 0 Å². The number of amides is 2. The molecule has 20 heavy (non-hydrogen) atoms. The Morgan fingerprint density at radius 1 is 1.10 bits per heavy atom. The van der Waals surface area contributed by atoms with Crippen molar-refractivity contribution in [2.45, 2.75) is 84.0 Å². The predicted octanol–water partition coefficient (Wildman–Crippen LogP) is 1.33. The van der Waals surface area contributed by atoms with Gasteiger partial charge in [0.1, 0.15) is 0 Å². The summed E-state index contributed by atoms with van der Waals surface area (Å²) in [6.07, 6.45) is 4.92. The van der Waals surface area contributed by atoms with E-state index < -0.39 is 0 Å². The molecule has 5 nitrogen and oxygen atoms in total. The van der Waals surface area contributed by atoms with Crippen molar-refractivity contribution in [2.24, 2.45) is 0 Å². The molecule has 0 heterocycles. The number of hydrogen-bond donors (Lipinski definition) is 3. The van der Waals surface area contributed by atoms with E-state index in [2.05, 4.69) is 22.9 Å². The van der Waals surface area contributed by atoms with Gasteiger partial charge in [0.25, 0.3) is 0 Å². The summed E-state index contributed by atoms with van der Waals surface area (Å²) in [6, 6.07) is 0.737. The number of nitrogens with one attached hydrogen (secondary N) is 3. The molecule has 116 valence electrons. The lowest BCUT2D eigenvalue weighted by Gasteiger charge is -2.31. The first kappa shape index (κ1) is 17.0. The maximum Gasteiger partial charge on any atom is 0.237 e. The monoisotopic (exact) mass is 283 g/mol. The van der Waals surface area contributed by atoms with E-state index in [-0.39, 0.29) is 23.9 Å². The highest BCUT2D eigenvalue weighted by Crippen LogP contribution is 2.19. The zero-order valence-electron chi connectivity index (χ0n) is 13.2. The minimum absolute atomic E-state index is 0.0442. The molecule has 1 aliphatic rings. The second kappa shape index (κ2) is 8.25. The fourth-order valence-corrected chi connectivity index (χ4v) is 2.59. The van der Waals surface area contributed by atoms with Gasteiger partial charge in [-0.25, -0.2) is 0 Å². The molecular weight excluding hydrogens is 254 g/mol. The van der Waals surface area contributed by atoms with Crippen LogP contribution in [0.15, 0.2) is 0 Å². The lowest BCUT2D eigenvalue weighted by Crippen LogP contribution is -2.50. The Bertz CT molecular complexity index is 325. The van der Waals surface area contributed by atoms with Gasteiger partial charge in [0, 0.05) is 25.0 Å². The van der Waals surface area contributed by atoms with Gasteiger partial charge >= 0.3 is 0 Å². The van der Waals surface area contributed by atoms with Crippen LogP contribution in [0.3, 0.4) is 0 Å². The molecule has 2 atom stereocenters. The Morgan fingerprint density at radius 2 is 1.65 bits per heavy atom. The fourth-order valence-electron chi connectivity index (χ4n) is 2.59. The van der Waals surface area contributed by atoms with Gasteiger partial charge in [0.05, 0.1) is 6.04 Å². The quantitative estimate of drug-likeness (QED) is 0.688. The van der Waals surface area contributed by atoms with Gasteiger partial charge < -0.3 is 16.0 Å². The molecule has 0 bridgehead atoms. The van der Waals surface area contributed by atoms with Crippen LogP contribution in [0.4, 0.5) is 0 Å². The molecule has 0 aromatic heterocycles. The highest BCUT2D eigenvalue weighted by molar-refractivity contribution is 5.81. The first-order valence-electron chi connectivity index (χ1n) is 7.75. The van der Waals surface area contributed by atoms with Gasteiger partial charge in [-0.3, -0.25) is 9.59 Å². The zero-order chi connectivity index (χ0) is 15.1. The van der Waals surface area contributed by atoms with Crippen LogP contribution in [-0.2, 0) is 9.59 Å². The highest BCUT2D eigenvalue weighted by atomic mass is 16.2. The molecule has 0 aliphatic heterocycles. The van der Waals surface area contributed by atoms with Crippen LogP contribution in [0.1, 0.15) is 59.8 Å². The number of hydrogen-bond acceptors (Lipinski definition) is 3. The second-order valence-corrected chi connectivity index (χ2v) is 5.96. The summed E-state index contributed by atoms with van der Waals surface area (Å²) in [7, 11) is 0. The number of carbonyl (C=O) groups is 2. The number of rotatable bonds is 6. The summed E-state index contributed by atoms with van der Waals surface area (Å²) in [5, 5.41) is 9.36. The molecule has 1 saturated carbocycles. The summed E-state index contributed by atoms with van der Waals surface area (Å²) in [4.78, 5) is 23.0. The van der Waals surface area contributed by atoms with E-state index in [0.29, 0.717) is 12.1 Å². The Hall–Kier alpha value is -1.10. The first-order chi connectivity index (χ1) is 9.42. The molecular formula is C15H29N3O2. The summed E-state index contributed by atoms with van der Waals surface area (Å²) < 4.78 is 0. The van der Waals surface area contributed by atoms with Gasteiger partial charge in [0.2, 0.25) is 11.8 Å². The van der Waals surface area contributed by atoms with E-state index in [1.807, 2.05) is 13.8 Å². The van der Waals surface area contributed by atoms with Gasteiger partial charge in [-0.2, -0.15) is 0 Å². The van der Waals surface area contributed by atoms with Crippen molar-refractivity contribution >= 4 is 11.8 Å². The van der Waals surface area contributed by atoms with Crippen molar-refractivity contribution in [3.05, 3.63) is 0 Å². The van der Waals surface area contributed by atoms with Crippen LogP contribution in [0.25, 0.3) is 0 Å². The van der Waals surface area contributed by atoms with Crippen LogP contribution in [-0.4, -0.2) is 36.0 Å². The van der Waals surface area contributed by atoms with E-state index in [0.717, 1.165) is 32.1 Å². The normalized spacial score (nSPS) is 25.6. The highest BCUT2D eigenvalue weighted by Gasteiger charge is 2.24. The summed E-state index contributed by atoms with van der Waals surface area (Å²) in [5.74, 6) is 0.117. The summed E-state index contributed by atoms with van der Waals surface area (Å²) in [5.41, 5.74) is 0. The molecule has 1 aliphatic carbocycles.